The number of nitro groups is 1. The molecule has 9 heteroatoms. The zero-order valence-electron chi connectivity index (χ0n) is 15.6. The Hall–Kier alpha value is -2.80. The number of unbranched alkanes of at least 4 members (excludes halogenated alkanes) is 7. The maximum atomic E-state index is 11.5. The maximum Gasteiger partial charge on any atom is 0.326 e. The van der Waals surface area contributed by atoms with Crippen LogP contribution in [0.1, 0.15) is 64.7 Å². The van der Waals surface area contributed by atoms with E-state index in [-0.39, 0.29) is 17.1 Å². The molecule has 0 spiro atoms. The number of benzene rings is 1. The molecule has 1 unspecified atom stereocenters. The van der Waals surface area contributed by atoms with E-state index in [9.17, 15) is 20.0 Å². The predicted octanol–water partition coefficient (Wildman–Crippen LogP) is 5.93. The van der Waals surface area contributed by atoms with E-state index < -0.39 is 16.9 Å². The second kappa shape index (κ2) is 12.5. The summed E-state index contributed by atoms with van der Waals surface area (Å²) in [6, 6.07) is 2.99. The lowest BCUT2D eigenvalue weighted by Gasteiger charge is -2.16. The molecule has 0 fully saturated rings. The molecular formula is C18H27N5O4. The Balaban J connectivity index is 2.60. The van der Waals surface area contributed by atoms with Gasteiger partial charge in [0.2, 0.25) is 0 Å². The van der Waals surface area contributed by atoms with Crippen LogP contribution in [0.2, 0.25) is 0 Å². The van der Waals surface area contributed by atoms with Crippen LogP contribution in [0, 0.1) is 10.1 Å². The van der Waals surface area contributed by atoms with Crippen LogP contribution >= 0.6 is 0 Å². The Morgan fingerprint density at radius 1 is 1.26 bits per heavy atom. The second-order valence-electron chi connectivity index (χ2n) is 6.45. The van der Waals surface area contributed by atoms with Crippen LogP contribution in [-0.4, -0.2) is 22.0 Å². The van der Waals surface area contributed by atoms with E-state index in [2.05, 4.69) is 22.3 Å². The molecule has 0 heterocycles. The van der Waals surface area contributed by atoms with Gasteiger partial charge >= 0.3 is 5.97 Å². The van der Waals surface area contributed by atoms with Gasteiger partial charge in [-0.1, -0.05) is 69.5 Å². The number of carbonyl (C=O) groups is 1. The zero-order valence-corrected chi connectivity index (χ0v) is 15.6. The number of nitrogens with one attached hydrogen (secondary N) is 1. The van der Waals surface area contributed by atoms with Gasteiger partial charge in [-0.3, -0.25) is 10.1 Å². The number of nitrogens with zero attached hydrogens (tertiary/aromatic N) is 4. The topological polar surface area (TPSA) is 141 Å². The van der Waals surface area contributed by atoms with Gasteiger partial charge in [0.1, 0.15) is 11.7 Å². The molecule has 0 aliphatic heterocycles. The van der Waals surface area contributed by atoms with E-state index in [1.165, 1.54) is 37.8 Å². The molecule has 0 bridgehead atoms. The Kier molecular flexibility index (Phi) is 10.3. The highest BCUT2D eigenvalue weighted by molar-refractivity contribution is 5.79. The van der Waals surface area contributed by atoms with Gasteiger partial charge in [0.05, 0.1) is 4.92 Å². The summed E-state index contributed by atoms with van der Waals surface area (Å²) in [6.45, 7) is 2.17. The molecule has 0 amide bonds. The number of hydrogen-bond donors (Lipinski definition) is 2. The van der Waals surface area contributed by atoms with Gasteiger partial charge < -0.3 is 10.4 Å². The fourth-order valence-corrected chi connectivity index (χ4v) is 2.83. The normalized spacial score (nSPS) is 11.4. The summed E-state index contributed by atoms with van der Waals surface area (Å²) in [4.78, 5) is 24.7. The molecule has 0 radical (unpaired) electrons. The predicted molar refractivity (Wildman–Crippen MR) is 104 cm³/mol. The molecule has 0 aliphatic carbocycles. The van der Waals surface area contributed by atoms with E-state index in [4.69, 9.17) is 5.53 Å². The smallest absolute Gasteiger partial charge is 0.326 e. The lowest BCUT2D eigenvalue weighted by Crippen LogP contribution is -2.29. The first kappa shape index (κ1) is 22.2. The highest BCUT2D eigenvalue weighted by atomic mass is 16.6. The van der Waals surface area contributed by atoms with Gasteiger partial charge in [-0.2, -0.15) is 0 Å². The summed E-state index contributed by atoms with van der Waals surface area (Å²) in [5.41, 5.74) is 8.32. The van der Waals surface area contributed by atoms with Gasteiger partial charge in [0.15, 0.2) is 0 Å². The number of carboxylic acids is 1. The van der Waals surface area contributed by atoms with Crippen molar-refractivity contribution in [2.45, 2.75) is 70.8 Å². The van der Waals surface area contributed by atoms with E-state index in [0.717, 1.165) is 31.7 Å². The monoisotopic (exact) mass is 377 g/mol. The van der Waals surface area contributed by atoms with E-state index in [0.29, 0.717) is 6.42 Å². The maximum absolute atomic E-state index is 11.5. The van der Waals surface area contributed by atoms with Crippen LogP contribution in [0.5, 0.6) is 0 Å². The average molecular weight is 377 g/mol. The van der Waals surface area contributed by atoms with Crippen LogP contribution in [0.15, 0.2) is 23.3 Å². The standard InChI is InChI=1S/C18H27N5O4/c1-2-3-4-5-6-7-8-9-10-16(18(24)25)20-15-12-11-14(21-22-19)13-17(15)23(26)27/h11-13,16,20H,2-10H2,1H3,(H,24,25). The third-order valence-corrected chi connectivity index (χ3v) is 4.31. The fourth-order valence-electron chi connectivity index (χ4n) is 2.83. The third-order valence-electron chi connectivity index (χ3n) is 4.31. The van der Waals surface area contributed by atoms with Crippen molar-refractivity contribution in [2.75, 3.05) is 5.32 Å². The molecule has 0 saturated heterocycles. The Bertz CT molecular complexity index is 674. The number of hydrogen-bond acceptors (Lipinski definition) is 5. The fraction of sp³-hybridized carbons (Fsp3) is 0.611. The van der Waals surface area contributed by atoms with Crippen LogP contribution in [0.25, 0.3) is 10.4 Å². The van der Waals surface area contributed by atoms with Crippen LogP contribution in [-0.2, 0) is 4.79 Å². The highest BCUT2D eigenvalue weighted by Gasteiger charge is 2.22. The summed E-state index contributed by atoms with van der Waals surface area (Å²) >= 11 is 0. The number of azide groups is 1. The number of rotatable bonds is 14. The van der Waals surface area contributed by atoms with Crippen molar-refractivity contribution in [2.24, 2.45) is 5.11 Å². The molecule has 2 N–H and O–H groups in total. The van der Waals surface area contributed by atoms with Crippen molar-refractivity contribution < 1.29 is 14.8 Å². The minimum Gasteiger partial charge on any atom is -0.480 e. The average Bonchev–Trinajstić information content (AvgIpc) is 2.63. The molecule has 0 aliphatic rings. The number of nitro benzene ring substituents is 1. The van der Waals surface area contributed by atoms with Crippen LogP contribution < -0.4 is 5.32 Å². The Morgan fingerprint density at radius 3 is 2.44 bits per heavy atom. The van der Waals surface area contributed by atoms with Gasteiger partial charge in [-0.05, 0) is 18.0 Å². The van der Waals surface area contributed by atoms with Gasteiger partial charge in [-0.15, -0.1) is 0 Å². The molecule has 1 aromatic rings. The minimum atomic E-state index is -1.05. The van der Waals surface area contributed by atoms with Gasteiger partial charge in [0.25, 0.3) is 5.69 Å². The quantitative estimate of drug-likeness (QED) is 0.103. The molecular weight excluding hydrogens is 350 g/mol. The number of carboxylic acid groups (broad SMARTS) is 1. The van der Waals surface area contributed by atoms with Crippen LogP contribution in [0.4, 0.5) is 17.1 Å². The van der Waals surface area contributed by atoms with E-state index in [1.807, 2.05) is 0 Å². The molecule has 1 atom stereocenters. The second-order valence-corrected chi connectivity index (χ2v) is 6.45. The van der Waals surface area contributed by atoms with Gasteiger partial charge in [0, 0.05) is 16.7 Å². The Morgan fingerprint density at radius 2 is 1.89 bits per heavy atom. The molecule has 1 rings (SSSR count). The summed E-state index contributed by atoms with van der Waals surface area (Å²) < 4.78 is 0. The lowest BCUT2D eigenvalue weighted by atomic mass is 10.0. The van der Waals surface area contributed by atoms with Crippen molar-refractivity contribution >= 4 is 23.0 Å². The van der Waals surface area contributed by atoms with Crippen molar-refractivity contribution in [3.05, 3.63) is 38.8 Å². The first-order valence-corrected chi connectivity index (χ1v) is 9.32. The van der Waals surface area contributed by atoms with E-state index in [1.54, 1.807) is 0 Å². The lowest BCUT2D eigenvalue weighted by molar-refractivity contribution is -0.383. The molecule has 148 valence electrons. The molecule has 0 saturated carbocycles. The van der Waals surface area contributed by atoms with Crippen LogP contribution in [0.3, 0.4) is 0 Å². The van der Waals surface area contributed by atoms with Gasteiger partial charge in [-0.25, -0.2) is 4.79 Å². The van der Waals surface area contributed by atoms with Crippen molar-refractivity contribution in [3.8, 4) is 0 Å². The Labute approximate surface area is 158 Å². The van der Waals surface area contributed by atoms with Crippen molar-refractivity contribution in [1.82, 2.24) is 0 Å². The number of anilines is 1. The molecule has 9 nitrogen and oxygen atoms in total. The highest BCUT2D eigenvalue weighted by Crippen LogP contribution is 2.30. The SMILES string of the molecule is CCCCCCCCCCC(Nc1ccc(N=[N+]=[N-])cc1[N+](=O)[O-])C(=O)O. The minimum absolute atomic E-state index is 0.101. The third kappa shape index (κ3) is 8.42. The van der Waals surface area contributed by atoms with Crippen molar-refractivity contribution in [1.29, 1.82) is 0 Å². The summed E-state index contributed by atoms with van der Waals surface area (Å²) in [7, 11) is 0. The largest absolute Gasteiger partial charge is 0.480 e. The summed E-state index contributed by atoms with van der Waals surface area (Å²) in [6.07, 6.45) is 9.19. The molecule has 1 aromatic carbocycles. The van der Waals surface area contributed by atoms with Crippen molar-refractivity contribution in [3.63, 3.8) is 0 Å². The summed E-state index contributed by atoms with van der Waals surface area (Å²) in [5, 5.41) is 26.7. The van der Waals surface area contributed by atoms with E-state index >= 15 is 0 Å². The number of aliphatic carboxylic acids is 1. The summed E-state index contributed by atoms with van der Waals surface area (Å²) in [5.74, 6) is -1.05. The molecule has 27 heavy (non-hydrogen) atoms. The zero-order chi connectivity index (χ0) is 20.1. The first-order chi connectivity index (χ1) is 13.0. The molecule has 0 aromatic heterocycles. The first-order valence-electron chi connectivity index (χ1n) is 9.32.